The largest absolute Gasteiger partial charge is 0.494 e. The summed E-state index contributed by atoms with van der Waals surface area (Å²) in [5.74, 6) is 0.903. The summed E-state index contributed by atoms with van der Waals surface area (Å²) in [7, 11) is 0. The van der Waals surface area contributed by atoms with Crippen molar-refractivity contribution in [1.82, 2.24) is 20.3 Å². The van der Waals surface area contributed by atoms with Gasteiger partial charge in [0, 0.05) is 19.4 Å². The maximum Gasteiger partial charge on any atom is 0.223 e. The van der Waals surface area contributed by atoms with E-state index >= 15 is 0 Å². The zero-order valence-corrected chi connectivity index (χ0v) is 14.4. The smallest absolute Gasteiger partial charge is 0.223 e. The van der Waals surface area contributed by atoms with E-state index in [0.717, 1.165) is 17.7 Å². The average Bonchev–Trinajstić information content (AvgIpc) is 3.29. The molecule has 25 heavy (non-hydrogen) atoms. The average molecular weight is 344 g/mol. The number of amides is 1. The maximum atomic E-state index is 12.4. The van der Waals surface area contributed by atoms with Gasteiger partial charge >= 0.3 is 0 Å². The third-order valence-electron chi connectivity index (χ3n) is 4.52. The predicted octanol–water partition coefficient (Wildman–Crippen LogP) is 1.65. The highest BCUT2D eigenvalue weighted by atomic mass is 16.5. The van der Waals surface area contributed by atoms with E-state index in [-0.39, 0.29) is 12.5 Å². The fourth-order valence-electron chi connectivity index (χ4n) is 3.02. The van der Waals surface area contributed by atoms with Gasteiger partial charge < -0.3 is 14.7 Å². The third kappa shape index (κ3) is 4.17. The van der Waals surface area contributed by atoms with Crippen LogP contribution in [0.4, 0.5) is 0 Å². The van der Waals surface area contributed by atoms with Crippen molar-refractivity contribution in [3.05, 3.63) is 41.7 Å². The van der Waals surface area contributed by atoms with Gasteiger partial charge in [-0.3, -0.25) is 4.79 Å². The van der Waals surface area contributed by atoms with E-state index in [4.69, 9.17) is 4.74 Å². The van der Waals surface area contributed by atoms with Crippen LogP contribution in [0.5, 0.6) is 5.75 Å². The Kier molecular flexibility index (Phi) is 5.33. The topological polar surface area (TPSA) is 91.3 Å². The van der Waals surface area contributed by atoms with Crippen LogP contribution in [0.25, 0.3) is 0 Å². The summed E-state index contributed by atoms with van der Waals surface area (Å²) in [5, 5.41) is 20.8. The molecule has 0 bridgehead atoms. The Bertz CT molecular complexity index is 687. The van der Waals surface area contributed by atoms with E-state index < -0.39 is 5.60 Å². The second kappa shape index (κ2) is 7.65. The summed E-state index contributed by atoms with van der Waals surface area (Å²) in [6.07, 6.45) is 4.06. The number of nitrogens with one attached hydrogen (secondary N) is 1. The molecule has 1 aliphatic rings. The summed E-state index contributed by atoms with van der Waals surface area (Å²) in [6, 6.07) is 7.87. The lowest BCUT2D eigenvalue weighted by Crippen LogP contribution is -2.34. The lowest BCUT2D eigenvalue weighted by molar-refractivity contribution is -0.131. The van der Waals surface area contributed by atoms with Gasteiger partial charge in [-0.05, 0) is 30.5 Å². The van der Waals surface area contributed by atoms with Gasteiger partial charge in [0.05, 0.1) is 19.3 Å². The Labute approximate surface area is 147 Å². The molecule has 1 aromatic heterocycles. The van der Waals surface area contributed by atoms with Gasteiger partial charge in [0.1, 0.15) is 17.0 Å². The van der Waals surface area contributed by atoms with Crippen molar-refractivity contribution < 1.29 is 14.6 Å². The van der Waals surface area contributed by atoms with Crippen LogP contribution in [0.3, 0.4) is 0 Å². The molecule has 1 saturated heterocycles. The van der Waals surface area contributed by atoms with E-state index in [1.165, 1.54) is 6.20 Å². The third-order valence-corrected chi connectivity index (χ3v) is 4.52. The Morgan fingerprint density at radius 1 is 1.40 bits per heavy atom. The van der Waals surface area contributed by atoms with Gasteiger partial charge in [0.2, 0.25) is 5.91 Å². The molecule has 2 heterocycles. The molecule has 1 fully saturated rings. The van der Waals surface area contributed by atoms with Crippen LogP contribution in [-0.2, 0) is 16.8 Å². The first kappa shape index (κ1) is 17.4. The fourth-order valence-corrected chi connectivity index (χ4v) is 3.02. The second-order valence-electron chi connectivity index (χ2n) is 6.44. The van der Waals surface area contributed by atoms with Crippen molar-refractivity contribution in [2.75, 3.05) is 19.7 Å². The molecule has 7 heteroatoms. The fraction of sp³-hybridized carbons (Fsp3) is 0.500. The van der Waals surface area contributed by atoms with E-state index in [0.29, 0.717) is 38.1 Å². The standard InChI is InChI=1S/C18H24N4O3/c1-2-11-25-15-6-3-14(4-7-15)5-8-17(23)22-10-9-18(24,13-22)16-12-19-21-20-16/h3-4,6-7,12,24H,2,5,8-11,13H2,1H3,(H,19,20,21). The summed E-state index contributed by atoms with van der Waals surface area (Å²) >= 11 is 0. The first-order valence-corrected chi connectivity index (χ1v) is 8.69. The Balaban J connectivity index is 1.50. The summed E-state index contributed by atoms with van der Waals surface area (Å²) in [4.78, 5) is 14.1. The quantitative estimate of drug-likeness (QED) is 0.797. The molecule has 0 saturated carbocycles. The van der Waals surface area contributed by atoms with Gasteiger partial charge in [-0.15, -0.1) is 0 Å². The van der Waals surface area contributed by atoms with Gasteiger partial charge in [-0.1, -0.05) is 19.1 Å². The molecule has 3 rings (SSSR count). The zero-order chi connectivity index (χ0) is 17.7. The zero-order valence-electron chi connectivity index (χ0n) is 14.4. The Morgan fingerprint density at radius 2 is 2.20 bits per heavy atom. The summed E-state index contributed by atoms with van der Waals surface area (Å²) < 4.78 is 5.56. The number of rotatable bonds is 7. The van der Waals surface area contributed by atoms with Crippen molar-refractivity contribution in [1.29, 1.82) is 0 Å². The number of aromatic nitrogens is 3. The molecular weight excluding hydrogens is 320 g/mol. The number of aryl methyl sites for hydroxylation is 1. The highest BCUT2D eigenvalue weighted by molar-refractivity contribution is 5.77. The van der Waals surface area contributed by atoms with Crippen LogP contribution in [0, 0.1) is 0 Å². The van der Waals surface area contributed by atoms with E-state index in [1.807, 2.05) is 24.3 Å². The minimum Gasteiger partial charge on any atom is -0.494 e. The number of H-pyrrole nitrogens is 1. The first-order chi connectivity index (χ1) is 12.1. The first-order valence-electron chi connectivity index (χ1n) is 8.69. The predicted molar refractivity (Wildman–Crippen MR) is 92.0 cm³/mol. The molecule has 2 aromatic rings. The van der Waals surface area contributed by atoms with Crippen LogP contribution in [0.15, 0.2) is 30.5 Å². The number of ether oxygens (including phenoxy) is 1. The summed E-state index contributed by atoms with van der Waals surface area (Å²) in [6.45, 7) is 3.58. The lowest BCUT2D eigenvalue weighted by Gasteiger charge is -2.21. The van der Waals surface area contributed by atoms with E-state index in [9.17, 15) is 9.90 Å². The molecule has 0 aliphatic carbocycles. The van der Waals surface area contributed by atoms with E-state index in [1.54, 1.807) is 4.90 Å². The van der Waals surface area contributed by atoms with Crippen LogP contribution in [-0.4, -0.2) is 51.0 Å². The molecule has 1 amide bonds. The number of hydrogen-bond acceptors (Lipinski definition) is 5. The Hall–Kier alpha value is -2.41. The summed E-state index contributed by atoms with van der Waals surface area (Å²) in [5.41, 5.74) is 0.495. The molecule has 0 radical (unpaired) electrons. The number of nitrogens with zero attached hydrogens (tertiary/aromatic N) is 3. The molecular formula is C18H24N4O3. The van der Waals surface area contributed by atoms with Crippen molar-refractivity contribution in [2.45, 2.75) is 38.2 Å². The van der Waals surface area contributed by atoms with Crippen molar-refractivity contribution in [3.63, 3.8) is 0 Å². The molecule has 1 aromatic carbocycles. The maximum absolute atomic E-state index is 12.4. The number of aromatic amines is 1. The van der Waals surface area contributed by atoms with Crippen molar-refractivity contribution in [3.8, 4) is 5.75 Å². The molecule has 7 nitrogen and oxygen atoms in total. The van der Waals surface area contributed by atoms with Crippen molar-refractivity contribution in [2.24, 2.45) is 0 Å². The van der Waals surface area contributed by atoms with Crippen LogP contribution in [0.1, 0.15) is 37.4 Å². The number of hydrogen-bond donors (Lipinski definition) is 2. The minimum absolute atomic E-state index is 0.0470. The molecule has 1 unspecified atom stereocenters. The van der Waals surface area contributed by atoms with Gasteiger partial charge in [-0.2, -0.15) is 15.4 Å². The number of carbonyl (C=O) groups is 1. The van der Waals surface area contributed by atoms with Gasteiger partial charge in [-0.25, -0.2) is 0 Å². The molecule has 1 atom stereocenters. The lowest BCUT2D eigenvalue weighted by atomic mass is 10.00. The highest BCUT2D eigenvalue weighted by Crippen LogP contribution is 2.30. The monoisotopic (exact) mass is 344 g/mol. The normalized spacial score (nSPS) is 20.0. The molecule has 0 spiro atoms. The number of aliphatic hydroxyl groups is 1. The second-order valence-corrected chi connectivity index (χ2v) is 6.44. The van der Waals surface area contributed by atoms with E-state index in [2.05, 4.69) is 22.3 Å². The number of β-amino-alcohol motifs (C(OH)–C–C–N with tert-alkyl or cyclic N) is 1. The SMILES string of the molecule is CCCOc1ccc(CCC(=O)N2CCC(O)(c3cn[nH]n3)C2)cc1. The van der Waals surface area contributed by atoms with Crippen LogP contribution in [0.2, 0.25) is 0 Å². The van der Waals surface area contributed by atoms with Gasteiger partial charge in [0.15, 0.2) is 0 Å². The molecule has 1 aliphatic heterocycles. The number of carbonyl (C=O) groups excluding carboxylic acids is 1. The van der Waals surface area contributed by atoms with Crippen LogP contribution >= 0.6 is 0 Å². The van der Waals surface area contributed by atoms with Crippen molar-refractivity contribution >= 4 is 5.91 Å². The number of likely N-dealkylation sites (tertiary alicyclic amines) is 1. The molecule has 134 valence electrons. The highest BCUT2D eigenvalue weighted by Gasteiger charge is 2.41. The Morgan fingerprint density at radius 3 is 2.88 bits per heavy atom. The van der Waals surface area contributed by atoms with Gasteiger partial charge in [0.25, 0.3) is 0 Å². The number of benzene rings is 1. The molecule has 2 N–H and O–H groups in total. The van der Waals surface area contributed by atoms with Crippen LogP contribution < -0.4 is 4.74 Å². The minimum atomic E-state index is -1.10.